The molecule has 0 amide bonds. The number of anilines is 1. The summed E-state index contributed by atoms with van der Waals surface area (Å²) in [6, 6.07) is 8.97. The Hall–Kier alpha value is -0.500. The summed E-state index contributed by atoms with van der Waals surface area (Å²) < 4.78 is 1.16. The lowest BCUT2D eigenvalue weighted by Gasteiger charge is -2.45. The van der Waals surface area contributed by atoms with Gasteiger partial charge in [-0.2, -0.15) is 0 Å². The van der Waals surface area contributed by atoms with E-state index in [-0.39, 0.29) is 0 Å². The zero-order valence-corrected chi connectivity index (χ0v) is 13.5. The van der Waals surface area contributed by atoms with Crippen LogP contribution >= 0.6 is 15.9 Å². The highest BCUT2D eigenvalue weighted by atomic mass is 79.9. The number of hydrogen-bond donors (Lipinski definition) is 1. The van der Waals surface area contributed by atoms with Crippen LogP contribution < -0.4 is 5.32 Å². The Morgan fingerprint density at radius 2 is 1.61 bits per heavy atom. The van der Waals surface area contributed by atoms with Gasteiger partial charge in [0.25, 0.3) is 0 Å². The monoisotopic (exact) mass is 309 g/mol. The van der Waals surface area contributed by atoms with E-state index in [2.05, 4.69) is 73.2 Å². The minimum atomic E-state index is 0.431. The van der Waals surface area contributed by atoms with Crippen molar-refractivity contribution in [2.24, 2.45) is 10.8 Å². The Labute approximate surface area is 119 Å². The number of rotatable bonds is 2. The molecule has 1 nitrogen and oxygen atoms in total. The normalized spacial score (nSPS) is 22.7. The van der Waals surface area contributed by atoms with Gasteiger partial charge < -0.3 is 5.32 Å². The van der Waals surface area contributed by atoms with Gasteiger partial charge in [-0.25, -0.2) is 0 Å². The Morgan fingerprint density at radius 1 is 1.06 bits per heavy atom. The Kier molecular flexibility index (Phi) is 3.77. The van der Waals surface area contributed by atoms with Gasteiger partial charge in [0.05, 0.1) is 0 Å². The molecule has 2 rings (SSSR count). The Bertz CT molecular complexity index is 407. The standard InChI is InChI=1S/C16H24BrN/c1-15(2)9-12(10-16(3,4)11-15)18-14-8-6-5-7-13(14)17/h5-8,12,18H,9-11H2,1-4H3. The molecule has 0 aliphatic heterocycles. The molecular formula is C16H24BrN. The lowest BCUT2D eigenvalue weighted by Crippen LogP contribution is -2.40. The molecule has 1 aliphatic rings. The highest BCUT2D eigenvalue weighted by molar-refractivity contribution is 9.10. The minimum absolute atomic E-state index is 0.431. The first-order chi connectivity index (χ1) is 8.27. The second-order valence-corrected chi connectivity index (χ2v) is 8.09. The molecule has 1 saturated carbocycles. The molecule has 1 fully saturated rings. The van der Waals surface area contributed by atoms with E-state index in [9.17, 15) is 0 Å². The van der Waals surface area contributed by atoms with Crippen molar-refractivity contribution >= 4 is 21.6 Å². The van der Waals surface area contributed by atoms with Crippen LogP contribution in [0.5, 0.6) is 0 Å². The van der Waals surface area contributed by atoms with E-state index >= 15 is 0 Å². The van der Waals surface area contributed by atoms with Crippen LogP contribution in [-0.4, -0.2) is 6.04 Å². The van der Waals surface area contributed by atoms with E-state index in [1.807, 2.05) is 0 Å². The van der Waals surface area contributed by atoms with Gasteiger partial charge in [-0.1, -0.05) is 39.8 Å². The molecule has 0 unspecified atom stereocenters. The van der Waals surface area contributed by atoms with Crippen molar-refractivity contribution in [1.29, 1.82) is 0 Å². The Balaban J connectivity index is 2.12. The third-order valence-corrected chi connectivity index (χ3v) is 4.48. The molecule has 1 aromatic rings. The van der Waals surface area contributed by atoms with Crippen LogP contribution in [0.15, 0.2) is 28.7 Å². The van der Waals surface area contributed by atoms with Gasteiger partial charge in [0.2, 0.25) is 0 Å². The largest absolute Gasteiger partial charge is 0.381 e. The molecule has 1 aromatic carbocycles. The number of halogens is 1. The molecule has 0 saturated heterocycles. The van der Waals surface area contributed by atoms with Crippen molar-refractivity contribution < 1.29 is 0 Å². The molecule has 0 atom stereocenters. The molecule has 0 heterocycles. The van der Waals surface area contributed by atoms with Gasteiger partial charge in [-0.15, -0.1) is 0 Å². The smallest absolute Gasteiger partial charge is 0.0486 e. The maximum atomic E-state index is 3.71. The first kappa shape index (κ1) is 13.9. The number of nitrogens with one attached hydrogen (secondary N) is 1. The van der Waals surface area contributed by atoms with Gasteiger partial charge >= 0.3 is 0 Å². The van der Waals surface area contributed by atoms with Crippen LogP contribution in [0, 0.1) is 10.8 Å². The van der Waals surface area contributed by atoms with Crippen LogP contribution in [0.2, 0.25) is 0 Å². The summed E-state index contributed by atoms with van der Waals surface area (Å²) >= 11 is 3.62. The van der Waals surface area contributed by atoms with Crippen LogP contribution in [0.4, 0.5) is 5.69 Å². The summed E-state index contributed by atoms with van der Waals surface area (Å²) in [5.74, 6) is 0. The minimum Gasteiger partial charge on any atom is -0.381 e. The molecular weight excluding hydrogens is 286 g/mol. The molecule has 100 valence electrons. The van der Waals surface area contributed by atoms with E-state index in [0.717, 1.165) is 4.47 Å². The third-order valence-electron chi connectivity index (χ3n) is 3.79. The number of para-hydroxylation sites is 1. The molecule has 0 radical (unpaired) electrons. The fraction of sp³-hybridized carbons (Fsp3) is 0.625. The summed E-state index contributed by atoms with van der Waals surface area (Å²) in [5, 5.41) is 3.71. The van der Waals surface area contributed by atoms with Gasteiger partial charge in [0.15, 0.2) is 0 Å². The summed E-state index contributed by atoms with van der Waals surface area (Å²) in [6.45, 7) is 9.57. The maximum Gasteiger partial charge on any atom is 0.0486 e. The van der Waals surface area contributed by atoms with E-state index in [1.165, 1.54) is 24.9 Å². The predicted octanol–water partition coefficient (Wildman–Crippen LogP) is 5.47. The van der Waals surface area contributed by atoms with Gasteiger partial charge in [-0.3, -0.25) is 0 Å². The van der Waals surface area contributed by atoms with Crippen molar-refractivity contribution in [2.75, 3.05) is 5.32 Å². The van der Waals surface area contributed by atoms with Crippen LogP contribution in [0.3, 0.4) is 0 Å². The highest BCUT2D eigenvalue weighted by Crippen LogP contribution is 2.46. The SMILES string of the molecule is CC1(C)CC(Nc2ccccc2Br)CC(C)(C)C1. The molecule has 1 N–H and O–H groups in total. The predicted molar refractivity (Wildman–Crippen MR) is 83.0 cm³/mol. The lowest BCUT2D eigenvalue weighted by molar-refractivity contribution is 0.105. The molecule has 18 heavy (non-hydrogen) atoms. The van der Waals surface area contributed by atoms with Crippen molar-refractivity contribution in [1.82, 2.24) is 0 Å². The van der Waals surface area contributed by atoms with E-state index in [4.69, 9.17) is 0 Å². The maximum absolute atomic E-state index is 3.71. The topological polar surface area (TPSA) is 12.0 Å². The third kappa shape index (κ3) is 3.50. The lowest BCUT2D eigenvalue weighted by atomic mass is 9.63. The van der Waals surface area contributed by atoms with E-state index < -0.39 is 0 Å². The van der Waals surface area contributed by atoms with Crippen molar-refractivity contribution in [3.63, 3.8) is 0 Å². The van der Waals surface area contributed by atoms with E-state index in [0.29, 0.717) is 16.9 Å². The first-order valence-electron chi connectivity index (χ1n) is 6.79. The summed E-state index contributed by atoms with van der Waals surface area (Å²) in [7, 11) is 0. The van der Waals surface area contributed by atoms with E-state index in [1.54, 1.807) is 0 Å². The zero-order valence-electron chi connectivity index (χ0n) is 11.9. The van der Waals surface area contributed by atoms with Crippen molar-refractivity contribution in [3.05, 3.63) is 28.7 Å². The first-order valence-corrected chi connectivity index (χ1v) is 7.58. The van der Waals surface area contributed by atoms with Crippen LogP contribution in [0.1, 0.15) is 47.0 Å². The summed E-state index contributed by atoms with van der Waals surface area (Å²) in [6.07, 6.45) is 3.81. The highest BCUT2D eigenvalue weighted by Gasteiger charge is 2.38. The van der Waals surface area contributed by atoms with Gasteiger partial charge in [-0.05, 0) is 58.2 Å². The van der Waals surface area contributed by atoms with Crippen LogP contribution in [-0.2, 0) is 0 Å². The average molecular weight is 310 g/mol. The zero-order chi connectivity index (χ0) is 13.4. The molecule has 1 aliphatic carbocycles. The number of hydrogen-bond acceptors (Lipinski definition) is 1. The number of benzene rings is 1. The molecule has 2 heteroatoms. The fourth-order valence-corrected chi connectivity index (χ4v) is 4.15. The second-order valence-electron chi connectivity index (χ2n) is 7.23. The summed E-state index contributed by atoms with van der Waals surface area (Å²) in [4.78, 5) is 0. The molecule has 0 aromatic heterocycles. The van der Waals surface area contributed by atoms with Gasteiger partial charge in [0, 0.05) is 16.2 Å². The Morgan fingerprint density at radius 3 is 2.17 bits per heavy atom. The second kappa shape index (κ2) is 4.88. The summed E-state index contributed by atoms with van der Waals surface area (Å²) in [5.41, 5.74) is 2.08. The molecule has 0 spiro atoms. The van der Waals surface area contributed by atoms with Crippen molar-refractivity contribution in [3.8, 4) is 0 Å². The quantitative estimate of drug-likeness (QED) is 0.764. The average Bonchev–Trinajstić information content (AvgIpc) is 2.16. The van der Waals surface area contributed by atoms with Crippen molar-refractivity contribution in [2.45, 2.75) is 53.0 Å². The van der Waals surface area contributed by atoms with Crippen LogP contribution in [0.25, 0.3) is 0 Å². The fourth-order valence-electron chi connectivity index (χ4n) is 3.75. The molecule has 0 bridgehead atoms. The van der Waals surface area contributed by atoms with Gasteiger partial charge in [0.1, 0.15) is 0 Å².